The number of aliphatic hydroxyl groups is 1. The first-order valence-electron chi connectivity index (χ1n) is 5.46. The van der Waals surface area contributed by atoms with Crippen LogP contribution >= 0.6 is 0 Å². The van der Waals surface area contributed by atoms with E-state index in [0.717, 1.165) is 5.56 Å². The highest BCUT2D eigenvalue weighted by Crippen LogP contribution is 2.19. The Hall–Kier alpha value is -2.32. The molecule has 0 aliphatic heterocycles. The quantitative estimate of drug-likeness (QED) is 0.878. The van der Waals surface area contributed by atoms with Gasteiger partial charge in [0.25, 0.3) is 0 Å². The van der Waals surface area contributed by atoms with Gasteiger partial charge in [0.2, 0.25) is 0 Å². The van der Waals surface area contributed by atoms with Crippen molar-refractivity contribution in [2.45, 2.75) is 13.2 Å². The molecule has 1 heterocycles. The maximum Gasteiger partial charge on any atom is 0.136 e. The van der Waals surface area contributed by atoms with Gasteiger partial charge >= 0.3 is 0 Å². The van der Waals surface area contributed by atoms with E-state index in [4.69, 9.17) is 15.1 Å². The number of rotatable bonds is 4. The monoisotopic (exact) mass is 243 g/mol. The number of aliphatic hydroxyl groups excluding tert-OH is 1. The lowest BCUT2D eigenvalue weighted by atomic mass is 10.1. The molecule has 0 atom stereocenters. The van der Waals surface area contributed by atoms with Gasteiger partial charge in [-0.05, 0) is 17.7 Å². The molecule has 92 valence electrons. The lowest BCUT2D eigenvalue weighted by Gasteiger charge is -2.08. The second-order valence-corrected chi connectivity index (χ2v) is 3.78. The van der Waals surface area contributed by atoms with Crippen molar-refractivity contribution in [3.63, 3.8) is 0 Å². The molecule has 2 aromatic rings. The molecule has 0 unspecified atom stereocenters. The van der Waals surface area contributed by atoms with Crippen LogP contribution in [0.25, 0.3) is 0 Å². The van der Waals surface area contributed by atoms with E-state index < -0.39 is 0 Å². The number of imidazole rings is 1. The number of aromatic nitrogens is 2. The van der Waals surface area contributed by atoms with Gasteiger partial charge < -0.3 is 14.4 Å². The Morgan fingerprint density at radius 2 is 2.33 bits per heavy atom. The van der Waals surface area contributed by atoms with Crippen molar-refractivity contribution in [1.29, 1.82) is 5.26 Å². The lowest BCUT2D eigenvalue weighted by Crippen LogP contribution is -2.04. The summed E-state index contributed by atoms with van der Waals surface area (Å²) in [7, 11) is 1.54. The molecule has 0 amide bonds. The minimum atomic E-state index is -0.103. The molecule has 0 spiro atoms. The van der Waals surface area contributed by atoms with Crippen molar-refractivity contribution in [3.05, 3.63) is 47.5 Å². The summed E-state index contributed by atoms with van der Waals surface area (Å²) in [5.41, 5.74) is 1.46. The van der Waals surface area contributed by atoms with Crippen LogP contribution in [-0.2, 0) is 13.2 Å². The molecule has 0 radical (unpaired) electrons. The molecular formula is C13H13N3O2. The molecular weight excluding hydrogens is 230 g/mol. The summed E-state index contributed by atoms with van der Waals surface area (Å²) in [6.45, 7) is 0.461. The van der Waals surface area contributed by atoms with Crippen molar-refractivity contribution in [2.24, 2.45) is 0 Å². The Morgan fingerprint density at radius 1 is 1.50 bits per heavy atom. The smallest absolute Gasteiger partial charge is 0.136 e. The number of ether oxygens (including phenoxy) is 1. The van der Waals surface area contributed by atoms with E-state index >= 15 is 0 Å². The topological polar surface area (TPSA) is 71.1 Å². The Bertz CT molecular complexity index is 584. The molecule has 1 aromatic carbocycles. The van der Waals surface area contributed by atoms with Crippen LogP contribution in [-0.4, -0.2) is 21.8 Å². The minimum Gasteiger partial charge on any atom is -0.495 e. The molecule has 0 fully saturated rings. The second kappa shape index (κ2) is 5.34. The molecule has 0 saturated heterocycles. The average Bonchev–Trinajstić information content (AvgIpc) is 2.85. The van der Waals surface area contributed by atoms with Gasteiger partial charge in [-0.15, -0.1) is 0 Å². The first kappa shape index (κ1) is 12.1. The van der Waals surface area contributed by atoms with Gasteiger partial charge in [0.15, 0.2) is 0 Å². The molecule has 1 N–H and O–H groups in total. The maximum atomic E-state index is 9.11. The molecule has 0 aliphatic carbocycles. The molecule has 1 aromatic heterocycles. The highest BCUT2D eigenvalue weighted by Gasteiger charge is 2.06. The van der Waals surface area contributed by atoms with Crippen molar-refractivity contribution >= 4 is 0 Å². The Morgan fingerprint density at radius 3 is 3.00 bits per heavy atom. The van der Waals surface area contributed by atoms with Crippen LogP contribution in [0.2, 0.25) is 0 Å². The van der Waals surface area contributed by atoms with Gasteiger partial charge in [0.1, 0.15) is 24.3 Å². The number of methoxy groups -OCH3 is 1. The summed E-state index contributed by atoms with van der Waals surface area (Å²) in [4.78, 5) is 4.03. The van der Waals surface area contributed by atoms with Crippen molar-refractivity contribution in [3.8, 4) is 11.8 Å². The number of nitriles is 1. The summed E-state index contributed by atoms with van der Waals surface area (Å²) in [5, 5.41) is 18.1. The molecule has 5 heteroatoms. The first-order chi connectivity index (χ1) is 8.78. The van der Waals surface area contributed by atoms with E-state index in [2.05, 4.69) is 11.1 Å². The molecule has 18 heavy (non-hydrogen) atoms. The van der Waals surface area contributed by atoms with Gasteiger partial charge in [-0.25, -0.2) is 4.98 Å². The van der Waals surface area contributed by atoms with Crippen molar-refractivity contribution in [2.75, 3.05) is 7.11 Å². The van der Waals surface area contributed by atoms with E-state index in [1.54, 1.807) is 24.5 Å². The lowest BCUT2D eigenvalue weighted by molar-refractivity contribution is 0.266. The number of hydrogen-bond donors (Lipinski definition) is 1. The molecule has 2 rings (SSSR count). The average molecular weight is 243 g/mol. The van der Waals surface area contributed by atoms with Crippen LogP contribution in [0.4, 0.5) is 0 Å². The zero-order valence-electron chi connectivity index (χ0n) is 10.00. The highest BCUT2D eigenvalue weighted by atomic mass is 16.5. The molecule has 0 bridgehead atoms. The van der Waals surface area contributed by atoms with Crippen LogP contribution in [0.1, 0.15) is 17.0 Å². The fourth-order valence-electron chi connectivity index (χ4n) is 1.77. The summed E-state index contributed by atoms with van der Waals surface area (Å²) in [6, 6.07) is 7.53. The van der Waals surface area contributed by atoms with E-state index in [0.29, 0.717) is 23.7 Å². The summed E-state index contributed by atoms with van der Waals surface area (Å²) in [6.07, 6.45) is 3.43. The van der Waals surface area contributed by atoms with Crippen LogP contribution in [0.5, 0.6) is 5.75 Å². The third kappa shape index (κ3) is 2.34. The van der Waals surface area contributed by atoms with Crippen LogP contribution in [0.15, 0.2) is 30.6 Å². The Labute approximate surface area is 105 Å². The summed E-state index contributed by atoms with van der Waals surface area (Å²) in [5.74, 6) is 1.17. The summed E-state index contributed by atoms with van der Waals surface area (Å²) >= 11 is 0. The van der Waals surface area contributed by atoms with Gasteiger partial charge in [-0.1, -0.05) is 6.07 Å². The third-order valence-electron chi connectivity index (χ3n) is 2.68. The fourth-order valence-corrected chi connectivity index (χ4v) is 1.77. The predicted octanol–water partition coefficient (Wildman–Crippen LogP) is 1.30. The second-order valence-electron chi connectivity index (χ2n) is 3.78. The van der Waals surface area contributed by atoms with E-state index in [9.17, 15) is 0 Å². The first-order valence-corrected chi connectivity index (χ1v) is 5.46. The Balaban J connectivity index is 2.28. The fraction of sp³-hybridized carbons (Fsp3) is 0.231. The standard InChI is InChI=1S/C13H13N3O2/c1-18-12-3-2-10(6-11(12)7-14)8-16-5-4-15-13(16)9-17/h2-6,17H,8-9H2,1H3. The highest BCUT2D eigenvalue weighted by molar-refractivity contribution is 5.45. The van der Waals surface area contributed by atoms with Crippen LogP contribution < -0.4 is 4.74 Å². The normalized spacial score (nSPS) is 10.1. The van der Waals surface area contributed by atoms with Gasteiger partial charge in [0, 0.05) is 18.9 Å². The zero-order chi connectivity index (χ0) is 13.0. The van der Waals surface area contributed by atoms with E-state index in [-0.39, 0.29) is 6.61 Å². The largest absolute Gasteiger partial charge is 0.495 e. The van der Waals surface area contributed by atoms with Crippen LogP contribution in [0.3, 0.4) is 0 Å². The maximum absolute atomic E-state index is 9.11. The van der Waals surface area contributed by atoms with Gasteiger partial charge in [-0.3, -0.25) is 0 Å². The van der Waals surface area contributed by atoms with Crippen molar-refractivity contribution < 1.29 is 9.84 Å². The molecule has 0 aliphatic rings. The molecule has 5 nitrogen and oxygen atoms in total. The predicted molar refractivity (Wildman–Crippen MR) is 65.0 cm³/mol. The van der Waals surface area contributed by atoms with Gasteiger partial charge in [-0.2, -0.15) is 5.26 Å². The van der Waals surface area contributed by atoms with Crippen molar-refractivity contribution in [1.82, 2.24) is 9.55 Å². The van der Waals surface area contributed by atoms with Gasteiger partial charge in [0.05, 0.1) is 12.7 Å². The number of nitrogens with zero attached hydrogens (tertiary/aromatic N) is 3. The Kier molecular flexibility index (Phi) is 3.60. The molecule has 0 saturated carbocycles. The van der Waals surface area contributed by atoms with E-state index in [1.165, 1.54) is 7.11 Å². The minimum absolute atomic E-state index is 0.103. The number of hydrogen-bond acceptors (Lipinski definition) is 4. The zero-order valence-corrected chi connectivity index (χ0v) is 10.00. The SMILES string of the molecule is COc1ccc(Cn2ccnc2CO)cc1C#N. The van der Waals surface area contributed by atoms with E-state index in [1.807, 2.05) is 10.6 Å². The summed E-state index contributed by atoms with van der Waals surface area (Å²) < 4.78 is 6.93. The number of benzene rings is 1. The third-order valence-corrected chi connectivity index (χ3v) is 2.68. The van der Waals surface area contributed by atoms with Crippen LogP contribution in [0, 0.1) is 11.3 Å².